The van der Waals surface area contributed by atoms with E-state index in [-0.39, 0.29) is 22.8 Å². The number of tetrazole rings is 1. The summed E-state index contributed by atoms with van der Waals surface area (Å²) in [6, 6.07) is 3.15. The van der Waals surface area contributed by atoms with Crippen LogP contribution in [-0.2, 0) is 9.84 Å². The lowest BCUT2D eigenvalue weighted by Gasteiger charge is -2.13. The van der Waals surface area contributed by atoms with Crippen LogP contribution in [0.3, 0.4) is 0 Å². The first kappa shape index (κ1) is 14.6. The molecule has 1 aliphatic rings. The van der Waals surface area contributed by atoms with E-state index in [1.165, 1.54) is 17.1 Å². The minimum atomic E-state index is -3.10. The Morgan fingerprint density at radius 1 is 1.41 bits per heavy atom. The number of nitrogens with one attached hydrogen (secondary N) is 1. The second kappa shape index (κ2) is 5.44. The number of carbonyl (C=O) groups is 1. The van der Waals surface area contributed by atoms with Gasteiger partial charge in [0.2, 0.25) is 0 Å². The Labute approximate surface area is 125 Å². The predicted octanol–water partition coefficient (Wildman–Crippen LogP) is -0.282. The molecule has 116 valence electrons. The number of aromatic nitrogens is 4. The summed E-state index contributed by atoms with van der Waals surface area (Å²) in [6.45, 7) is 0. The molecule has 1 amide bonds. The molecule has 0 aliphatic carbocycles. The minimum Gasteiger partial charge on any atom is -0.348 e. The van der Waals surface area contributed by atoms with E-state index in [1.54, 1.807) is 0 Å². The molecule has 0 saturated carbocycles. The van der Waals surface area contributed by atoms with Crippen LogP contribution in [0.5, 0.6) is 0 Å². The second-order valence-corrected chi connectivity index (χ2v) is 7.22. The van der Waals surface area contributed by atoms with Gasteiger partial charge in [0.15, 0.2) is 9.84 Å². The van der Waals surface area contributed by atoms with Gasteiger partial charge in [-0.25, -0.2) is 12.8 Å². The summed E-state index contributed by atoms with van der Waals surface area (Å²) in [7, 11) is -3.10. The first-order valence-corrected chi connectivity index (χ1v) is 8.31. The number of halogens is 1. The SMILES string of the molecule is O=C(N[C@@H]1CCS(=O)(=O)C1)c1ccc(F)cc1-n1cnnn1. The Hall–Kier alpha value is -2.36. The molecule has 1 aromatic heterocycles. The van der Waals surface area contributed by atoms with Gasteiger partial charge in [0.05, 0.1) is 22.8 Å². The molecule has 22 heavy (non-hydrogen) atoms. The molecular formula is C12H12FN5O3S. The highest BCUT2D eigenvalue weighted by atomic mass is 32.2. The molecule has 1 saturated heterocycles. The van der Waals surface area contributed by atoms with E-state index in [9.17, 15) is 17.6 Å². The van der Waals surface area contributed by atoms with E-state index in [1.807, 2.05) is 0 Å². The third-order valence-electron chi connectivity index (χ3n) is 3.37. The monoisotopic (exact) mass is 325 g/mol. The maximum atomic E-state index is 13.4. The van der Waals surface area contributed by atoms with Gasteiger partial charge in [-0.15, -0.1) is 5.10 Å². The molecule has 0 unspecified atom stereocenters. The molecule has 1 atom stereocenters. The number of amides is 1. The van der Waals surface area contributed by atoms with Gasteiger partial charge in [-0.1, -0.05) is 0 Å². The second-order valence-electron chi connectivity index (χ2n) is 4.99. The van der Waals surface area contributed by atoms with Crippen LogP contribution in [0.2, 0.25) is 0 Å². The summed E-state index contributed by atoms with van der Waals surface area (Å²) >= 11 is 0. The summed E-state index contributed by atoms with van der Waals surface area (Å²) in [5.74, 6) is -1.06. The van der Waals surface area contributed by atoms with E-state index >= 15 is 0 Å². The molecule has 2 aromatic rings. The molecule has 0 bridgehead atoms. The van der Waals surface area contributed by atoms with Crippen molar-refractivity contribution in [2.45, 2.75) is 12.5 Å². The zero-order valence-corrected chi connectivity index (χ0v) is 12.1. The fraction of sp³-hybridized carbons (Fsp3) is 0.333. The molecule has 1 aliphatic heterocycles. The van der Waals surface area contributed by atoms with Crippen LogP contribution in [0.1, 0.15) is 16.8 Å². The van der Waals surface area contributed by atoms with Crippen LogP contribution in [0.15, 0.2) is 24.5 Å². The highest BCUT2D eigenvalue weighted by molar-refractivity contribution is 7.91. The van der Waals surface area contributed by atoms with Crippen LogP contribution in [0.25, 0.3) is 5.69 Å². The lowest BCUT2D eigenvalue weighted by atomic mass is 10.1. The highest BCUT2D eigenvalue weighted by Gasteiger charge is 2.29. The summed E-state index contributed by atoms with van der Waals surface area (Å²) in [5.41, 5.74) is 0.348. The average molecular weight is 325 g/mol. The number of nitrogens with zero attached hydrogens (tertiary/aromatic N) is 4. The van der Waals surface area contributed by atoms with Gasteiger partial charge < -0.3 is 5.32 Å². The van der Waals surface area contributed by atoms with Crippen molar-refractivity contribution in [1.29, 1.82) is 0 Å². The summed E-state index contributed by atoms with van der Waals surface area (Å²) in [4.78, 5) is 12.3. The number of hydrogen-bond donors (Lipinski definition) is 1. The lowest BCUT2D eigenvalue weighted by molar-refractivity contribution is 0.0941. The quantitative estimate of drug-likeness (QED) is 0.831. The molecule has 2 heterocycles. The van der Waals surface area contributed by atoms with Crippen molar-refractivity contribution in [2.24, 2.45) is 0 Å². The van der Waals surface area contributed by atoms with E-state index in [2.05, 4.69) is 20.8 Å². The Balaban J connectivity index is 1.87. The van der Waals surface area contributed by atoms with Gasteiger partial charge in [-0.3, -0.25) is 4.79 Å². The number of rotatable bonds is 3. The Morgan fingerprint density at radius 2 is 2.23 bits per heavy atom. The Bertz CT molecular complexity index is 806. The fourth-order valence-corrected chi connectivity index (χ4v) is 4.00. The number of benzene rings is 1. The number of hydrogen-bond acceptors (Lipinski definition) is 6. The molecular weight excluding hydrogens is 313 g/mol. The van der Waals surface area contributed by atoms with Gasteiger partial charge in [0, 0.05) is 12.1 Å². The topological polar surface area (TPSA) is 107 Å². The molecule has 1 aromatic carbocycles. The Morgan fingerprint density at radius 3 is 2.86 bits per heavy atom. The molecule has 10 heteroatoms. The fourth-order valence-electron chi connectivity index (χ4n) is 2.33. The molecule has 8 nitrogen and oxygen atoms in total. The van der Waals surface area contributed by atoms with Crippen molar-refractivity contribution < 1.29 is 17.6 Å². The van der Waals surface area contributed by atoms with Crippen LogP contribution in [-0.4, -0.2) is 52.1 Å². The smallest absolute Gasteiger partial charge is 0.253 e. The summed E-state index contributed by atoms with van der Waals surface area (Å²) in [5, 5.41) is 13.2. The van der Waals surface area contributed by atoms with E-state index in [0.717, 1.165) is 12.1 Å². The lowest BCUT2D eigenvalue weighted by Crippen LogP contribution is -2.36. The van der Waals surface area contributed by atoms with Crippen LogP contribution >= 0.6 is 0 Å². The van der Waals surface area contributed by atoms with E-state index in [0.29, 0.717) is 6.42 Å². The van der Waals surface area contributed by atoms with Crippen molar-refractivity contribution in [1.82, 2.24) is 25.5 Å². The van der Waals surface area contributed by atoms with Crippen molar-refractivity contribution in [2.75, 3.05) is 11.5 Å². The molecule has 0 radical (unpaired) electrons. The van der Waals surface area contributed by atoms with Crippen molar-refractivity contribution in [3.05, 3.63) is 35.9 Å². The van der Waals surface area contributed by atoms with Crippen molar-refractivity contribution >= 4 is 15.7 Å². The zero-order valence-electron chi connectivity index (χ0n) is 11.3. The average Bonchev–Trinajstić information content (AvgIpc) is 3.08. The van der Waals surface area contributed by atoms with Gasteiger partial charge in [-0.05, 0) is 29.0 Å². The molecule has 1 fully saturated rings. The van der Waals surface area contributed by atoms with Crippen LogP contribution in [0, 0.1) is 5.82 Å². The van der Waals surface area contributed by atoms with E-state index in [4.69, 9.17) is 0 Å². The van der Waals surface area contributed by atoms with Crippen molar-refractivity contribution in [3.63, 3.8) is 0 Å². The summed E-state index contributed by atoms with van der Waals surface area (Å²) in [6.07, 6.45) is 1.61. The Kier molecular flexibility index (Phi) is 3.61. The molecule has 1 N–H and O–H groups in total. The van der Waals surface area contributed by atoms with Crippen LogP contribution < -0.4 is 5.32 Å². The largest absolute Gasteiger partial charge is 0.348 e. The first-order chi connectivity index (χ1) is 10.4. The number of carbonyl (C=O) groups excluding carboxylic acids is 1. The highest BCUT2D eigenvalue weighted by Crippen LogP contribution is 2.17. The van der Waals surface area contributed by atoms with Crippen molar-refractivity contribution in [3.8, 4) is 5.69 Å². The van der Waals surface area contributed by atoms with Gasteiger partial charge in [0.25, 0.3) is 5.91 Å². The maximum Gasteiger partial charge on any atom is 0.253 e. The molecule has 0 spiro atoms. The summed E-state index contributed by atoms with van der Waals surface area (Å²) < 4.78 is 37.4. The van der Waals surface area contributed by atoms with Gasteiger partial charge in [0.1, 0.15) is 12.1 Å². The van der Waals surface area contributed by atoms with Gasteiger partial charge >= 0.3 is 0 Å². The molecule has 3 rings (SSSR count). The zero-order chi connectivity index (χ0) is 15.7. The third-order valence-corrected chi connectivity index (χ3v) is 5.14. The normalized spacial score (nSPS) is 20.0. The maximum absolute atomic E-state index is 13.4. The minimum absolute atomic E-state index is 0.0568. The van der Waals surface area contributed by atoms with Gasteiger partial charge in [-0.2, -0.15) is 4.68 Å². The van der Waals surface area contributed by atoms with E-state index < -0.39 is 27.6 Å². The van der Waals surface area contributed by atoms with Crippen LogP contribution in [0.4, 0.5) is 4.39 Å². The number of sulfone groups is 1. The predicted molar refractivity (Wildman–Crippen MR) is 73.6 cm³/mol. The third kappa shape index (κ3) is 2.96. The standard InChI is InChI=1S/C12H12FN5O3S/c13-8-1-2-10(11(5-8)18-7-14-16-17-18)12(19)15-9-3-4-22(20,21)6-9/h1-2,5,7,9H,3-4,6H2,(H,15,19)/t9-/m1/s1. The first-order valence-electron chi connectivity index (χ1n) is 6.49.